The minimum Gasteiger partial charge on any atom is -0.385 e. The van der Waals surface area contributed by atoms with Gasteiger partial charge in [0.1, 0.15) is 0 Å². The van der Waals surface area contributed by atoms with E-state index in [4.69, 9.17) is 0 Å². The number of rotatable bonds is 2. The van der Waals surface area contributed by atoms with Crippen LogP contribution in [-0.2, 0) is 19.3 Å². The van der Waals surface area contributed by atoms with Crippen LogP contribution >= 0.6 is 0 Å². The first kappa shape index (κ1) is 11.1. The SMILES string of the molecule is c1ccc2c(c1)CC2Cc1cccc2c1CCCN2. The second-order valence-electron chi connectivity index (χ2n) is 5.78. The van der Waals surface area contributed by atoms with Crippen LogP contribution in [0.5, 0.6) is 0 Å². The largest absolute Gasteiger partial charge is 0.385 e. The van der Waals surface area contributed by atoms with Crippen LogP contribution < -0.4 is 5.32 Å². The monoisotopic (exact) mass is 249 g/mol. The first-order chi connectivity index (χ1) is 9.42. The summed E-state index contributed by atoms with van der Waals surface area (Å²) in [4.78, 5) is 0. The van der Waals surface area contributed by atoms with Crippen molar-refractivity contribution in [2.45, 2.75) is 31.6 Å². The third-order valence-corrected chi connectivity index (χ3v) is 4.62. The maximum Gasteiger partial charge on any atom is 0.0375 e. The van der Waals surface area contributed by atoms with Gasteiger partial charge in [0.25, 0.3) is 0 Å². The summed E-state index contributed by atoms with van der Waals surface area (Å²) in [5.41, 5.74) is 7.62. The zero-order chi connectivity index (χ0) is 12.7. The molecule has 19 heavy (non-hydrogen) atoms. The van der Waals surface area contributed by atoms with E-state index in [-0.39, 0.29) is 0 Å². The van der Waals surface area contributed by atoms with E-state index in [1.807, 2.05) is 0 Å². The minimum absolute atomic E-state index is 0.740. The molecule has 1 nitrogen and oxygen atoms in total. The van der Waals surface area contributed by atoms with Gasteiger partial charge in [-0.1, -0.05) is 36.4 Å². The predicted octanol–water partition coefficient (Wildman–Crippen LogP) is 3.93. The first-order valence-electron chi connectivity index (χ1n) is 7.34. The maximum absolute atomic E-state index is 3.53. The molecule has 0 amide bonds. The summed E-state index contributed by atoms with van der Waals surface area (Å²) in [6, 6.07) is 15.7. The number of fused-ring (bicyclic) bond motifs is 2. The molecule has 0 fully saturated rings. The molecule has 1 heterocycles. The molecule has 0 saturated carbocycles. The van der Waals surface area contributed by atoms with Crippen molar-refractivity contribution in [1.29, 1.82) is 0 Å². The summed E-state index contributed by atoms with van der Waals surface area (Å²) < 4.78 is 0. The van der Waals surface area contributed by atoms with Crippen molar-refractivity contribution in [2.24, 2.45) is 0 Å². The molecular formula is C18H19N. The molecule has 0 spiro atoms. The summed E-state index contributed by atoms with van der Waals surface area (Å²) in [6.07, 6.45) is 4.98. The summed E-state index contributed by atoms with van der Waals surface area (Å²) in [5, 5.41) is 3.53. The average molecular weight is 249 g/mol. The van der Waals surface area contributed by atoms with E-state index in [1.54, 1.807) is 22.3 Å². The molecule has 96 valence electrons. The second kappa shape index (κ2) is 4.41. The molecule has 1 unspecified atom stereocenters. The number of hydrogen-bond donors (Lipinski definition) is 1. The van der Waals surface area contributed by atoms with Crippen molar-refractivity contribution >= 4 is 5.69 Å². The van der Waals surface area contributed by atoms with Crippen molar-refractivity contribution in [3.05, 3.63) is 64.7 Å². The Balaban J connectivity index is 1.62. The molecule has 0 radical (unpaired) electrons. The molecule has 1 aliphatic carbocycles. The van der Waals surface area contributed by atoms with E-state index in [0.29, 0.717) is 0 Å². The standard InChI is InChI=1S/C18H19N/c1-2-7-16-13(5-1)11-15(16)12-14-6-3-9-18-17(14)8-4-10-19-18/h1-3,5-7,9,15,19H,4,8,10-12H2. The van der Waals surface area contributed by atoms with Gasteiger partial charge >= 0.3 is 0 Å². The Morgan fingerprint density at radius 2 is 2.00 bits per heavy atom. The van der Waals surface area contributed by atoms with E-state index in [1.165, 1.54) is 31.4 Å². The van der Waals surface area contributed by atoms with Crippen LogP contribution in [0.4, 0.5) is 5.69 Å². The quantitative estimate of drug-likeness (QED) is 0.850. The Hall–Kier alpha value is -1.76. The van der Waals surface area contributed by atoms with Gasteiger partial charge in [0.15, 0.2) is 0 Å². The fourth-order valence-corrected chi connectivity index (χ4v) is 3.59. The van der Waals surface area contributed by atoms with Gasteiger partial charge in [-0.05, 0) is 59.9 Å². The molecule has 2 aromatic carbocycles. The van der Waals surface area contributed by atoms with Gasteiger partial charge in [-0.15, -0.1) is 0 Å². The third kappa shape index (κ3) is 1.85. The number of benzene rings is 2. The predicted molar refractivity (Wildman–Crippen MR) is 79.8 cm³/mol. The van der Waals surface area contributed by atoms with Crippen LogP contribution in [0.25, 0.3) is 0 Å². The van der Waals surface area contributed by atoms with Gasteiger partial charge in [-0.25, -0.2) is 0 Å². The molecule has 1 N–H and O–H groups in total. The lowest BCUT2D eigenvalue weighted by atomic mass is 9.74. The van der Waals surface area contributed by atoms with E-state index in [2.05, 4.69) is 47.8 Å². The third-order valence-electron chi connectivity index (χ3n) is 4.62. The minimum atomic E-state index is 0.740. The summed E-state index contributed by atoms with van der Waals surface area (Å²) in [6.45, 7) is 1.13. The molecule has 2 aromatic rings. The van der Waals surface area contributed by atoms with Crippen LogP contribution in [0.15, 0.2) is 42.5 Å². The average Bonchev–Trinajstić information content (AvgIpc) is 2.45. The Labute approximate surface area is 114 Å². The molecular weight excluding hydrogens is 230 g/mol. The molecule has 1 heteroatoms. The highest BCUT2D eigenvalue weighted by atomic mass is 14.9. The summed E-state index contributed by atoms with van der Waals surface area (Å²) >= 11 is 0. The van der Waals surface area contributed by atoms with Crippen molar-refractivity contribution in [2.75, 3.05) is 11.9 Å². The molecule has 0 saturated heterocycles. The number of nitrogens with one attached hydrogen (secondary N) is 1. The molecule has 4 rings (SSSR count). The number of hydrogen-bond acceptors (Lipinski definition) is 1. The molecule has 2 aliphatic rings. The van der Waals surface area contributed by atoms with Crippen LogP contribution in [-0.4, -0.2) is 6.54 Å². The number of anilines is 1. The lowest BCUT2D eigenvalue weighted by molar-refractivity contribution is 0.600. The first-order valence-corrected chi connectivity index (χ1v) is 7.34. The normalized spacial score (nSPS) is 19.9. The highest BCUT2D eigenvalue weighted by molar-refractivity contribution is 5.57. The maximum atomic E-state index is 3.53. The molecule has 1 aliphatic heterocycles. The van der Waals surface area contributed by atoms with E-state index in [9.17, 15) is 0 Å². The smallest absolute Gasteiger partial charge is 0.0375 e. The highest BCUT2D eigenvalue weighted by Gasteiger charge is 2.26. The van der Waals surface area contributed by atoms with Crippen molar-refractivity contribution in [3.63, 3.8) is 0 Å². The van der Waals surface area contributed by atoms with Crippen molar-refractivity contribution in [3.8, 4) is 0 Å². The van der Waals surface area contributed by atoms with Crippen LogP contribution in [0.1, 0.15) is 34.6 Å². The molecule has 0 bridgehead atoms. The fourth-order valence-electron chi connectivity index (χ4n) is 3.59. The van der Waals surface area contributed by atoms with Crippen molar-refractivity contribution in [1.82, 2.24) is 0 Å². The Bertz CT molecular complexity index is 615. The summed E-state index contributed by atoms with van der Waals surface area (Å²) in [5.74, 6) is 0.740. The second-order valence-corrected chi connectivity index (χ2v) is 5.78. The fraction of sp³-hybridized carbons (Fsp3) is 0.333. The van der Waals surface area contributed by atoms with Gasteiger partial charge in [-0.2, -0.15) is 0 Å². The Kier molecular flexibility index (Phi) is 2.58. The van der Waals surface area contributed by atoms with Gasteiger partial charge in [0.05, 0.1) is 0 Å². The van der Waals surface area contributed by atoms with Gasteiger partial charge in [-0.3, -0.25) is 0 Å². The van der Waals surface area contributed by atoms with Crippen LogP contribution in [0, 0.1) is 0 Å². The zero-order valence-corrected chi connectivity index (χ0v) is 11.2. The topological polar surface area (TPSA) is 12.0 Å². The van der Waals surface area contributed by atoms with Gasteiger partial charge in [0, 0.05) is 12.2 Å². The Morgan fingerprint density at radius 1 is 1.05 bits per heavy atom. The van der Waals surface area contributed by atoms with Crippen molar-refractivity contribution < 1.29 is 0 Å². The molecule has 0 aromatic heterocycles. The van der Waals surface area contributed by atoms with Crippen LogP contribution in [0.2, 0.25) is 0 Å². The van der Waals surface area contributed by atoms with Crippen LogP contribution in [0.3, 0.4) is 0 Å². The van der Waals surface area contributed by atoms with Gasteiger partial charge in [0.2, 0.25) is 0 Å². The zero-order valence-electron chi connectivity index (χ0n) is 11.2. The molecule has 1 atom stereocenters. The van der Waals surface area contributed by atoms with E-state index in [0.717, 1.165) is 12.5 Å². The van der Waals surface area contributed by atoms with E-state index < -0.39 is 0 Å². The Morgan fingerprint density at radius 3 is 2.95 bits per heavy atom. The lowest BCUT2D eigenvalue weighted by Crippen LogP contribution is -2.21. The highest BCUT2D eigenvalue weighted by Crippen LogP contribution is 2.39. The van der Waals surface area contributed by atoms with Gasteiger partial charge < -0.3 is 5.32 Å². The summed E-state index contributed by atoms with van der Waals surface area (Å²) in [7, 11) is 0. The van der Waals surface area contributed by atoms with E-state index >= 15 is 0 Å². The lowest BCUT2D eigenvalue weighted by Gasteiger charge is -2.31.